The summed E-state index contributed by atoms with van der Waals surface area (Å²) in [6.45, 7) is 7.49. The van der Waals surface area contributed by atoms with E-state index in [-0.39, 0.29) is 58.9 Å². The Labute approximate surface area is 353 Å². The molecule has 3 aromatic heterocycles. The maximum absolute atomic E-state index is 12.8. The van der Waals surface area contributed by atoms with Gasteiger partial charge in [0, 0.05) is 36.1 Å². The van der Waals surface area contributed by atoms with Crippen LogP contribution in [0.2, 0.25) is 0 Å². The largest absolute Gasteiger partial charge is 0.381 e. The predicted octanol–water partition coefficient (Wildman–Crippen LogP) is 5.17. The van der Waals surface area contributed by atoms with Crippen LogP contribution in [-0.4, -0.2) is 89.5 Å². The summed E-state index contributed by atoms with van der Waals surface area (Å²) < 4.78 is 60.2. The Hall–Kier alpha value is -5.56. The van der Waals surface area contributed by atoms with Gasteiger partial charge in [0.2, 0.25) is 17.7 Å². The number of aromatic nitrogens is 4. The number of amides is 3. The van der Waals surface area contributed by atoms with Crippen molar-refractivity contribution in [3.05, 3.63) is 65.1 Å². The van der Waals surface area contributed by atoms with E-state index in [1.165, 1.54) is 0 Å². The number of rotatable bonds is 8. The zero-order chi connectivity index (χ0) is 43.2. The van der Waals surface area contributed by atoms with Crippen LogP contribution < -0.4 is 21.3 Å². The lowest BCUT2D eigenvalue weighted by Gasteiger charge is -2.27. The summed E-state index contributed by atoms with van der Waals surface area (Å²) in [4.78, 5) is 41.0. The highest BCUT2D eigenvalue weighted by molar-refractivity contribution is 7.91. The number of fused-ring (bicyclic) bond motifs is 1. The van der Waals surface area contributed by atoms with E-state index >= 15 is 0 Å². The minimum atomic E-state index is -2.97. The number of nitrogens with one attached hydrogen (secondary N) is 4. The molecule has 5 aromatic rings. The van der Waals surface area contributed by atoms with Crippen LogP contribution in [0.25, 0.3) is 33.3 Å². The molecule has 4 N–H and O–H groups in total. The topological polar surface area (TPSA) is 237 Å². The van der Waals surface area contributed by atoms with Gasteiger partial charge in [-0.25, -0.2) is 21.8 Å². The Kier molecular flexibility index (Phi) is 11.5. The van der Waals surface area contributed by atoms with Crippen molar-refractivity contribution < 1.29 is 40.3 Å². The third-order valence-corrected chi connectivity index (χ3v) is 15.5. The Bertz CT molecular complexity index is 2690. The molecule has 61 heavy (non-hydrogen) atoms. The number of hydrogen-bond acceptors (Lipinski definition) is 13. The SMILES string of the molecule is Cc1noc(C)c1-c1ccc(NC2CCS(=O)(=O)CC2)c(NC(=O)[C@@H]2CCC(=O)N2)c1.Cc1noc(C)c1-c1ccc2c(c1)nc([C@@H]1CCC(=O)N1)n2C1CCS(=O)(=O)CC1. The van der Waals surface area contributed by atoms with E-state index in [2.05, 4.69) is 36.1 Å². The first-order valence-corrected chi connectivity index (χ1v) is 24.3. The van der Waals surface area contributed by atoms with Crippen LogP contribution in [0, 0.1) is 27.7 Å². The summed E-state index contributed by atoms with van der Waals surface area (Å²) >= 11 is 0. The molecule has 4 saturated heterocycles. The van der Waals surface area contributed by atoms with Crippen molar-refractivity contribution in [2.75, 3.05) is 33.6 Å². The molecule has 7 heterocycles. The number of hydrogen-bond donors (Lipinski definition) is 4. The first-order valence-electron chi connectivity index (χ1n) is 20.6. The number of carbonyl (C=O) groups is 3. The van der Waals surface area contributed by atoms with Crippen LogP contribution in [-0.2, 0) is 34.1 Å². The summed E-state index contributed by atoms with van der Waals surface area (Å²) in [6.07, 6.45) is 4.12. The molecule has 9 rings (SSSR count). The Morgan fingerprint density at radius 2 is 1.30 bits per heavy atom. The zero-order valence-electron chi connectivity index (χ0n) is 34.5. The smallest absolute Gasteiger partial charge is 0.247 e. The van der Waals surface area contributed by atoms with Crippen LogP contribution in [0.3, 0.4) is 0 Å². The van der Waals surface area contributed by atoms with Crippen LogP contribution in [0.5, 0.6) is 0 Å². The van der Waals surface area contributed by atoms with Gasteiger partial charge in [0.05, 0.1) is 62.8 Å². The summed E-state index contributed by atoms with van der Waals surface area (Å²) in [6, 6.07) is 11.1. The van der Waals surface area contributed by atoms with Gasteiger partial charge in [0.15, 0.2) is 0 Å². The average Bonchev–Trinajstić information content (AvgIpc) is 4.06. The van der Waals surface area contributed by atoms with E-state index < -0.39 is 25.7 Å². The van der Waals surface area contributed by atoms with Gasteiger partial charge in [0.1, 0.15) is 43.1 Å². The van der Waals surface area contributed by atoms with Gasteiger partial charge in [-0.05, 0) is 102 Å². The second kappa shape index (κ2) is 16.7. The Morgan fingerprint density at radius 1 is 0.721 bits per heavy atom. The van der Waals surface area contributed by atoms with Crippen LogP contribution in [0.4, 0.5) is 11.4 Å². The van der Waals surface area contributed by atoms with Gasteiger partial charge in [-0.3, -0.25) is 14.4 Å². The number of nitrogens with zero attached hydrogens (tertiary/aromatic N) is 4. The number of carbonyl (C=O) groups excluding carboxylic acids is 3. The van der Waals surface area contributed by atoms with Crippen molar-refractivity contribution in [1.29, 1.82) is 0 Å². The Morgan fingerprint density at radius 3 is 1.85 bits per heavy atom. The molecular weight excluding hydrogens is 825 g/mol. The fourth-order valence-corrected chi connectivity index (χ4v) is 11.8. The van der Waals surface area contributed by atoms with Crippen molar-refractivity contribution in [3.63, 3.8) is 0 Å². The van der Waals surface area contributed by atoms with E-state index in [4.69, 9.17) is 14.0 Å². The minimum Gasteiger partial charge on any atom is -0.381 e. The van der Waals surface area contributed by atoms with Gasteiger partial charge in [-0.1, -0.05) is 22.4 Å². The monoisotopic (exact) mass is 874 g/mol. The maximum Gasteiger partial charge on any atom is 0.247 e. The molecule has 0 saturated carbocycles. The molecule has 324 valence electrons. The highest BCUT2D eigenvalue weighted by atomic mass is 32.2. The quantitative estimate of drug-likeness (QED) is 0.158. The number of sulfone groups is 2. The lowest BCUT2D eigenvalue weighted by atomic mass is 10.0. The molecule has 2 aromatic carbocycles. The van der Waals surface area contributed by atoms with Crippen molar-refractivity contribution in [2.24, 2.45) is 0 Å². The van der Waals surface area contributed by atoms with Gasteiger partial charge in [-0.2, -0.15) is 0 Å². The summed E-state index contributed by atoms with van der Waals surface area (Å²) in [5.41, 5.74) is 8.29. The van der Waals surface area contributed by atoms with Gasteiger partial charge < -0.3 is 34.9 Å². The highest BCUT2D eigenvalue weighted by Gasteiger charge is 2.33. The second-order valence-corrected chi connectivity index (χ2v) is 21.1. The lowest BCUT2D eigenvalue weighted by molar-refractivity contribution is -0.122. The molecule has 2 atom stereocenters. The lowest BCUT2D eigenvalue weighted by Crippen LogP contribution is -2.37. The molecule has 0 unspecified atom stereocenters. The van der Waals surface area contributed by atoms with Crippen molar-refractivity contribution in [2.45, 2.75) is 103 Å². The van der Waals surface area contributed by atoms with E-state index in [9.17, 15) is 31.2 Å². The third kappa shape index (κ3) is 9.07. The molecule has 0 bridgehead atoms. The van der Waals surface area contributed by atoms with Gasteiger partial charge >= 0.3 is 0 Å². The molecule has 4 fully saturated rings. The normalized spacial score (nSPS) is 21.4. The van der Waals surface area contributed by atoms with Crippen molar-refractivity contribution in [3.8, 4) is 22.3 Å². The molecule has 4 aliphatic heterocycles. The van der Waals surface area contributed by atoms with Gasteiger partial charge in [0.25, 0.3) is 0 Å². The molecule has 3 amide bonds. The summed E-state index contributed by atoms with van der Waals surface area (Å²) in [5, 5.41) is 20.1. The average molecular weight is 875 g/mol. The van der Waals surface area contributed by atoms with E-state index in [0.717, 1.165) is 56.3 Å². The van der Waals surface area contributed by atoms with Crippen LogP contribution in [0.15, 0.2) is 45.4 Å². The standard InChI is InChI=1S/C21H26N4O5S.C21H24N4O4S/c1-12-20(13(2)30-25-12)14-3-4-16(22-15-7-9-31(28,29)10-8-15)18(11-14)24-21(27)17-5-6-19(26)23-17;1-12-20(13(2)29-24-12)14-3-5-18-17(11-14)23-21(16-4-6-19(26)22-16)25(18)15-7-9-30(27,28)10-8-15/h3-4,11,15,17,22H,5-10H2,1-2H3,(H,23,26)(H,24,27);3,5,11,15-16H,4,6-10H2,1-2H3,(H,22,26)/t17-;16-/m00/s1. The number of benzene rings is 2. The fraction of sp³-hybridized carbons (Fsp3) is 0.476. The molecule has 0 spiro atoms. The van der Waals surface area contributed by atoms with E-state index in [0.29, 0.717) is 68.5 Å². The van der Waals surface area contributed by atoms with Crippen molar-refractivity contribution in [1.82, 2.24) is 30.5 Å². The summed E-state index contributed by atoms with van der Waals surface area (Å²) in [5.74, 6) is 2.54. The molecule has 0 aliphatic carbocycles. The first-order chi connectivity index (χ1) is 29.0. The number of anilines is 2. The highest BCUT2D eigenvalue weighted by Crippen LogP contribution is 2.38. The third-order valence-electron chi connectivity index (χ3n) is 12.1. The minimum absolute atomic E-state index is 0.00438. The zero-order valence-corrected chi connectivity index (χ0v) is 36.2. The van der Waals surface area contributed by atoms with Gasteiger partial charge in [-0.15, -0.1) is 0 Å². The molecule has 17 nitrogen and oxygen atoms in total. The predicted molar refractivity (Wildman–Crippen MR) is 228 cm³/mol. The fourth-order valence-electron chi connectivity index (χ4n) is 8.85. The Balaban J connectivity index is 0.000000168. The van der Waals surface area contributed by atoms with Crippen LogP contribution in [0.1, 0.15) is 92.2 Å². The first kappa shape index (κ1) is 42.1. The number of imidazole rings is 1. The van der Waals surface area contributed by atoms with E-state index in [1.54, 1.807) is 0 Å². The molecule has 4 aliphatic rings. The molecular formula is C42H50N8O9S2. The summed E-state index contributed by atoms with van der Waals surface area (Å²) in [7, 11) is -5.93. The maximum atomic E-state index is 12.8. The van der Waals surface area contributed by atoms with E-state index in [1.807, 2.05) is 64.1 Å². The van der Waals surface area contributed by atoms with Crippen LogP contribution >= 0.6 is 0 Å². The second-order valence-electron chi connectivity index (χ2n) is 16.5. The number of aryl methyl sites for hydroxylation is 4. The van der Waals surface area contributed by atoms with Crippen molar-refractivity contribution >= 4 is 59.8 Å². The molecule has 0 radical (unpaired) electrons. The molecule has 19 heteroatoms.